The Morgan fingerprint density at radius 1 is 1.22 bits per heavy atom. The van der Waals surface area contributed by atoms with Gasteiger partial charge in [-0.1, -0.05) is 17.7 Å². The fraction of sp³-hybridized carbons (Fsp3) is 0.500. The van der Waals surface area contributed by atoms with Gasteiger partial charge in [0.1, 0.15) is 6.73 Å². The van der Waals surface area contributed by atoms with Crippen LogP contribution in [0.3, 0.4) is 0 Å². The van der Waals surface area contributed by atoms with Crippen LogP contribution in [0.25, 0.3) is 0 Å². The molecule has 0 amide bonds. The molecular formula is C12H17NO4S. The van der Waals surface area contributed by atoms with E-state index in [2.05, 4.69) is 0 Å². The molecule has 1 fully saturated rings. The number of hydrogen-bond donors (Lipinski definition) is 0. The number of hydrogen-bond acceptors (Lipinski definition) is 5. The van der Waals surface area contributed by atoms with Crippen molar-refractivity contribution >= 4 is 10.1 Å². The molecule has 100 valence electrons. The highest BCUT2D eigenvalue weighted by Crippen LogP contribution is 2.13. The average molecular weight is 271 g/mol. The predicted molar refractivity (Wildman–Crippen MR) is 66.7 cm³/mol. The van der Waals surface area contributed by atoms with Crippen LogP contribution in [0, 0.1) is 6.92 Å². The van der Waals surface area contributed by atoms with Crippen LogP contribution < -0.4 is 0 Å². The molecule has 1 aliphatic rings. The fourth-order valence-corrected chi connectivity index (χ4v) is 2.54. The highest BCUT2D eigenvalue weighted by Gasteiger charge is 2.18. The maximum Gasteiger partial charge on any atom is 0.298 e. The Labute approximate surface area is 107 Å². The van der Waals surface area contributed by atoms with Gasteiger partial charge >= 0.3 is 0 Å². The topological polar surface area (TPSA) is 55.8 Å². The molecule has 1 aliphatic heterocycles. The summed E-state index contributed by atoms with van der Waals surface area (Å²) in [6.07, 6.45) is 0. The summed E-state index contributed by atoms with van der Waals surface area (Å²) in [6, 6.07) is 6.63. The summed E-state index contributed by atoms with van der Waals surface area (Å²) in [6.45, 7) is 4.62. The monoisotopic (exact) mass is 271 g/mol. The predicted octanol–water partition coefficient (Wildman–Crippen LogP) is 0.990. The highest BCUT2D eigenvalue weighted by atomic mass is 32.2. The molecule has 0 saturated carbocycles. The van der Waals surface area contributed by atoms with Crippen LogP contribution in [0.2, 0.25) is 0 Å². The van der Waals surface area contributed by atoms with Crippen LogP contribution in [0.1, 0.15) is 5.56 Å². The van der Waals surface area contributed by atoms with Crippen molar-refractivity contribution in [2.24, 2.45) is 0 Å². The maximum atomic E-state index is 11.9. The van der Waals surface area contributed by atoms with Crippen molar-refractivity contribution in [2.45, 2.75) is 11.8 Å². The van der Waals surface area contributed by atoms with E-state index in [-0.39, 0.29) is 11.6 Å². The van der Waals surface area contributed by atoms with Gasteiger partial charge in [-0.25, -0.2) is 0 Å². The molecule has 1 aromatic carbocycles. The van der Waals surface area contributed by atoms with E-state index in [4.69, 9.17) is 8.92 Å². The third-order valence-corrected chi connectivity index (χ3v) is 4.07. The van der Waals surface area contributed by atoms with E-state index < -0.39 is 10.1 Å². The smallest absolute Gasteiger partial charge is 0.298 e. The van der Waals surface area contributed by atoms with Crippen LogP contribution in [0.4, 0.5) is 0 Å². The van der Waals surface area contributed by atoms with Crippen molar-refractivity contribution in [3.63, 3.8) is 0 Å². The second-order valence-corrected chi connectivity index (χ2v) is 5.86. The Morgan fingerprint density at radius 3 is 2.44 bits per heavy atom. The summed E-state index contributed by atoms with van der Waals surface area (Å²) in [5, 5.41) is 0. The van der Waals surface area contributed by atoms with Gasteiger partial charge in [0.15, 0.2) is 0 Å². The van der Waals surface area contributed by atoms with E-state index in [0.29, 0.717) is 26.3 Å². The lowest BCUT2D eigenvalue weighted by Crippen LogP contribution is -2.38. The molecule has 1 saturated heterocycles. The maximum absolute atomic E-state index is 11.9. The molecule has 1 heterocycles. The summed E-state index contributed by atoms with van der Waals surface area (Å²) in [4.78, 5) is 2.11. The van der Waals surface area contributed by atoms with Crippen LogP contribution in [0.15, 0.2) is 29.2 Å². The van der Waals surface area contributed by atoms with Crippen LogP contribution >= 0.6 is 0 Å². The molecule has 0 unspecified atom stereocenters. The first-order valence-electron chi connectivity index (χ1n) is 5.84. The number of benzene rings is 1. The molecule has 0 bridgehead atoms. The lowest BCUT2D eigenvalue weighted by atomic mass is 10.2. The van der Waals surface area contributed by atoms with E-state index in [1.807, 2.05) is 11.8 Å². The number of aryl methyl sites for hydroxylation is 1. The minimum absolute atomic E-state index is 0.0829. The summed E-state index contributed by atoms with van der Waals surface area (Å²) >= 11 is 0. The standard InChI is InChI=1S/C12H17NO4S/c1-11-2-4-12(5-3-11)18(14,15)17-10-13-6-8-16-9-7-13/h2-5H,6-10H2,1H3. The Kier molecular flexibility index (Phi) is 4.34. The first-order valence-corrected chi connectivity index (χ1v) is 7.25. The largest absolute Gasteiger partial charge is 0.379 e. The third kappa shape index (κ3) is 3.52. The van der Waals surface area contributed by atoms with Crippen LogP contribution in [-0.2, 0) is 19.0 Å². The van der Waals surface area contributed by atoms with Crippen molar-refractivity contribution < 1.29 is 17.3 Å². The van der Waals surface area contributed by atoms with Crippen molar-refractivity contribution in [3.05, 3.63) is 29.8 Å². The van der Waals surface area contributed by atoms with Gasteiger partial charge in [-0.3, -0.25) is 9.08 Å². The summed E-state index contributed by atoms with van der Waals surface area (Å²) in [5.41, 5.74) is 1.02. The van der Waals surface area contributed by atoms with Gasteiger partial charge in [-0.05, 0) is 19.1 Å². The molecule has 18 heavy (non-hydrogen) atoms. The molecule has 2 rings (SSSR count). The van der Waals surface area contributed by atoms with Gasteiger partial charge in [0, 0.05) is 13.1 Å². The summed E-state index contributed by atoms with van der Waals surface area (Å²) in [7, 11) is -3.66. The van der Waals surface area contributed by atoms with Crippen molar-refractivity contribution in [1.29, 1.82) is 0 Å². The second kappa shape index (κ2) is 5.79. The quantitative estimate of drug-likeness (QED) is 0.764. The molecule has 6 heteroatoms. The zero-order valence-electron chi connectivity index (χ0n) is 10.3. The molecule has 5 nitrogen and oxygen atoms in total. The van der Waals surface area contributed by atoms with Crippen LogP contribution in [0.5, 0.6) is 0 Å². The Balaban J connectivity index is 1.96. The second-order valence-electron chi connectivity index (χ2n) is 4.24. The Hall–Kier alpha value is -0.950. The highest BCUT2D eigenvalue weighted by molar-refractivity contribution is 7.86. The van der Waals surface area contributed by atoms with E-state index in [0.717, 1.165) is 5.56 Å². The lowest BCUT2D eigenvalue weighted by Gasteiger charge is -2.25. The summed E-state index contributed by atoms with van der Waals surface area (Å²) in [5.74, 6) is 0. The van der Waals surface area contributed by atoms with Crippen LogP contribution in [-0.4, -0.2) is 46.4 Å². The normalized spacial score (nSPS) is 17.8. The average Bonchev–Trinajstić information content (AvgIpc) is 2.38. The molecular weight excluding hydrogens is 254 g/mol. The Morgan fingerprint density at radius 2 is 1.83 bits per heavy atom. The van der Waals surface area contributed by atoms with E-state index in [9.17, 15) is 8.42 Å². The number of nitrogens with zero attached hydrogens (tertiary/aromatic N) is 1. The SMILES string of the molecule is Cc1ccc(S(=O)(=O)OCN2CCOCC2)cc1. The minimum atomic E-state index is -3.66. The van der Waals surface area contributed by atoms with Crippen molar-refractivity contribution in [2.75, 3.05) is 33.0 Å². The third-order valence-electron chi connectivity index (χ3n) is 2.80. The molecule has 0 N–H and O–H groups in total. The first kappa shape index (κ1) is 13.5. The zero-order valence-corrected chi connectivity index (χ0v) is 11.1. The van der Waals surface area contributed by atoms with Gasteiger partial charge in [-0.15, -0.1) is 0 Å². The molecule has 0 radical (unpaired) electrons. The molecule has 0 spiro atoms. The molecule has 1 aromatic rings. The van der Waals surface area contributed by atoms with Gasteiger partial charge < -0.3 is 4.74 Å². The molecule has 0 aromatic heterocycles. The number of rotatable bonds is 4. The van der Waals surface area contributed by atoms with E-state index in [1.165, 1.54) is 0 Å². The Bertz CT molecular complexity index is 477. The molecule has 0 aliphatic carbocycles. The minimum Gasteiger partial charge on any atom is -0.379 e. The number of ether oxygens (including phenoxy) is 1. The summed E-state index contributed by atoms with van der Waals surface area (Å²) < 4.78 is 34.0. The van der Waals surface area contributed by atoms with Gasteiger partial charge in [0.25, 0.3) is 10.1 Å². The van der Waals surface area contributed by atoms with Gasteiger partial charge in [0.05, 0.1) is 18.1 Å². The van der Waals surface area contributed by atoms with E-state index >= 15 is 0 Å². The van der Waals surface area contributed by atoms with Gasteiger partial charge in [-0.2, -0.15) is 8.42 Å². The van der Waals surface area contributed by atoms with Crippen molar-refractivity contribution in [1.82, 2.24) is 4.90 Å². The van der Waals surface area contributed by atoms with Crippen molar-refractivity contribution in [3.8, 4) is 0 Å². The first-order chi connectivity index (χ1) is 8.58. The molecule has 0 atom stereocenters. The fourth-order valence-electron chi connectivity index (χ4n) is 1.65. The van der Waals surface area contributed by atoms with Gasteiger partial charge in [0.2, 0.25) is 0 Å². The van der Waals surface area contributed by atoms with E-state index in [1.54, 1.807) is 24.3 Å². The zero-order chi connectivity index (χ0) is 13.0. The lowest BCUT2D eigenvalue weighted by molar-refractivity contribution is 0.00564. The number of morpholine rings is 1.